The zero-order valence-electron chi connectivity index (χ0n) is 9.25. The van der Waals surface area contributed by atoms with Gasteiger partial charge in [-0.25, -0.2) is 0 Å². The van der Waals surface area contributed by atoms with Crippen molar-refractivity contribution in [3.8, 4) is 0 Å². The number of rotatable bonds is 4. The monoisotopic (exact) mass is 193 g/mol. The fourth-order valence-electron chi connectivity index (χ4n) is 1.96. The molecule has 1 fully saturated rings. The molecule has 0 spiro atoms. The Morgan fingerprint density at radius 3 is 2.79 bits per heavy atom. The van der Waals surface area contributed by atoms with E-state index < -0.39 is 0 Å². The van der Waals surface area contributed by atoms with Crippen LogP contribution in [0, 0.1) is 0 Å². The second-order valence-electron chi connectivity index (χ2n) is 4.57. The van der Waals surface area contributed by atoms with E-state index in [-0.39, 0.29) is 0 Å². The third-order valence-corrected chi connectivity index (χ3v) is 3.14. The molecule has 0 bridgehead atoms. The van der Waals surface area contributed by atoms with Crippen molar-refractivity contribution in [2.24, 2.45) is 0 Å². The Hall–Kier alpha value is -0.830. The van der Waals surface area contributed by atoms with Gasteiger partial charge in [-0.1, -0.05) is 0 Å². The molecule has 0 unspecified atom stereocenters. The van der Waals surface area contributed by atoms with E-state index in [1.54, 1.807) is 0 Å². The first-order valence-electron chi connectivity index (χ1n) is 5.38. The predicted molar refractivity (Wildman–Crippen MR) is 57.3 cm³/mol. The average Bonchev–Trinajstić information content (AvgIpc) is 2.76. The van der Waals surface area contributed by atoms with E-state index in [9.17, 15) is 0 Å². The van der Waals surface area contributed by atoms with Crippen molar-refractivity contribution in [2.45, 2.75) is 44.7 Å². The molecule has 3 heteroatoms. The largest absolute Gasteiger partial charge is 0.314 e. The highest BCUT2D eigenvalue weighted by molar-refractivity contribution is 5.13. The van der Waals surface area contributed by atoms with Gasteiger partial charge in [-0.15, -0.1) is 0 Å². The van der Waals surface area contributed by atoms with Crippen LogP contribution < -0.4 is 5.32 Å². The van der Waals surface area contributed by atoms with E-state index in [4.69, 9.17) is 0 Å². The number of aromatic nitrogens is 2. The highest BCUT2D eigenvalue weighted by atomic mass is 15.3. The van der Waals surface area contributed by atoms with Crippen molar-refractivity contribution in [3.05, 3.63) is 18.0 Å². The summed E-state index contributed by atoms with van der Waals surface area (Å²) in [5.41, 5.74) is 1.74. The van der Waals surface area contributed by atoms with Gasteiger partial charge in [0.1, 0.15) is 0 Å². The van der Waals surface area contributed by atoms with Crippen LogP contribution in [0.3, 0.4) is 0 Å². The van der Waals surface area contributed by atoms with Gasteiger partial charge in [-0.05, 0) is 39.8 Å². The molecule has 78 valence electrons. The van der Waals surface area contributed by atoms with Crippen molar-refractivity contribution in [1.29, 1.82) is 0 Å². The average molecular weight is 193 g/mol. The second-order valence-corrected chi connectivity index (χ2v) is 4.57. The molecule has 1 aromatic heterocycles. The smallest absolute Gasteiger partial charge is 0.0492 e. The molecule has 3 nitrogen and oxygen atoms in total. The van der Waals surface area contributed by atoms with E-state index in [0.29, 0.717) is 11.6 Å². The Kier molecular flexibility index (Phi) is 2.35. The summed E-state index contributed by atoms with van der Waals surface area (Å²) in [5.74, 6) is 0. The minimum absolute atomic E-state index is 0.382. The second kappa shape index (κ2) is 3.39. The first kappa shape index (κ1) is 9.71. The molecule has 1 aliphatic carbocycles. The summed E-state index contributed by atoms with van der Waals surface area (Å²) in [6, 6.07) is 2.60. The van der Waals surface area contributed by atoms with E-state index in [1.165, 1.54) is 18.5 Å². The van der Waals surface area contributed by atoms with Crippen LogP contribution in [0.1, 0.15) is 38.4 Å². The Morgan fingerprint density at radius 2 is 2.29 bits per heavy atom. The molecule has 2 rings (SSSR count). The summed E-state index contributed by atoms with van der Waals surface area (Å²) in [6.07, 6.45) is 5.61. The van der Waals surface area contributed by atoms with Crippen LogP contribution in [0.4, 0.5) is 0 Å². The lowest BCUT2D eigenvalue weighted by Crippen LogP contribution is -2.30. The predicted octanol–water partition coefficient (Wildman–Crippen LogP) is 1.76. The molecule has 0 aromatic carbocycles. The minimum atomic E-state index is 0.382. The van der Waals surface area contributed by atoms with Crippen molar-refractivity contribution in [1.82, 2.24) is 15.1 Å². The Morgan fingerprint density at radius 1 is 1.57 bits per heavy atom. The normalized spacial score (nSPS) is 18.9. The summed E-state index contributed by atoms with van der Waals surface area (Å²) >= 11 is 0. The molecule has 0 atom stereocenters. The maximum Gasteiger partial charge on any atom is 0.0492 e. The molecule has 0 aliphatic heterocycles. The van der Waals surface area contributed by atoms with Gasteiger partial charge in [0.2, 0.25) is 0 Å². The van der Waals surface area contributed by atoms with Gasteiger partial charge >= 0.3 is 0 Å². The van der Waals surface area contributed by atoms with E-state index in [1.807, 2.05) is 6.20 Å². The standard InChI is InChI=1S/C11H19N3/c1-9(2)14-10(4-7-13-14)8-11(12-3)5-6-11/h4,7,9,12H,5-6,8H2,1-3H3. The Labute approximate surface area is 85.5 Å². The molecule has 0 radical (unpaired) electrons. The highest BCUT2D eigenvalue weighted by Crippen LogP contribution is 2.38. The molecular formula is C11H19N3. The number of hydrogen-bond donors (Lipinski definition) is 1. The Balaban J connectivity index is 2.12. The van der Waals surface area contributed by atoms with Crippen molar-refractivity contribution in [2.75, 3.05) is 7.05 Å². The number of nitrogens with zero attached hydrogens (tertiary/aromatic N) is 2. The van der Waals surface area contributed by atoms with Crippen LogP contribution in [-0.4, -0.2) is 22.4 Å². The summed E-state index contributed by atoms with van der Waals surface area (Å²) in [4.78, 5) is 0. The third kappa shape index (κ3) is 1.69. The van der Waals surface area contributed by atoms with Crippen LogP contribution in [0.5, 0.6) is 0 Å². The molecule has 1 aliphatic rings. The minimum Gasteiger partial charge on any atom is -0.314 e. The third-order valence-electron chi connectivity index (χ3n) is 3.14. The summed E-state index contributed by atoms with van der Waals surface area (Å²) in [6.45, 7) is 4.35. The number of nitrogens with one attached hydrogen (secondary N) is 1. The van der Waals surface area contributed by atoms with Crippen molar-refractivity contribution < 1.29 is 0 Å². The molecule has 1 N–H and O–H groups in total. The first-order valence-corrected chi connectivity index (χ1v) is 5.38. The maximum absolute atomic E-state index is 4.35. The van der Waals surface area contributed by atoms with Crippen LogP contribution >= 0.6 is 0 Å². The van der Waals surface area contributed by atoms with Crippen LogP contribution in [0.15, 0.2) is 12.3 Å². The topological polar surface area (TPSA) is 29.9 Å². The number of hydrogen-bond acceptors (Lipinski definition) is 2. The van der Waals surface area contributed by atoms with Gasteiger partial charge in [0.15, 0.2) is 0 Å². The molecule has 1 heterocycles. The van der Waals surface area contributed by atoms with Crippen LogP contribution in [0.2, 0.25) is 0 Å². The zero-order valence-corrected chi connectivity index (χ0v) is 9.25. The van der Waals surface area contributed by atoms with Crippen molar-refractivity contribution >= 4 is 0 Å². The lowest BCUT2D eigenvalue weighted by molar-refractivity contribution is 0.470. The van der Waals surface area contributed by atoms with Crippen LogP contribution in [-0.2, 0) is 6.42 Å². The Bertz CT molecular complexity index is 310. The van der Waals surface area contributed by atoms with Gasteiger partial charge in [0, 0.05) is 29.9 Å². The van der Waals surface area contributed by atoms with Gasteiger partial charge in [0.05, 0.1) is 0 Å². The van der Waals surface area contributed by atoms with E-state index >= 15 is 0 Å². The number of likely N-dealkylation sites (N-methyl/N-ethyl adjacent to an activating group) is 1. The molecule has 14 heavy (non-hydrogen) atoms. The van der Waals surface area contributed by atoms with Crippen LogP contribution in [0.25, 0.3) is 0 Å². The summed E-state index contributed by atoms with van der Waals surface area (Å²) in [5, 5.41) is 7.77. The fourth-order valence-corrected chi connectivity index (χ4v) is 1.96. The van der Waals surface area contributed by atoms with E-state index in [2.05, 4.69) is 42.1 Å². The molecule has 0 amide bonds. The quantitative estimate of drug-likeness (QED) is 0.789. The molecule has 1 aromatic rings. The molecule has 0 saturated heterocycles. The van der Waals surface area contributed by atoms with Gasteiger partial charge in [0.25, 0.3) is 0 Å². The molecule has 1 saturated carbocycles. The summed E-state index contributed by atoms with van der Waals surface area (Å²) < 4.78 is 2.12. The zero-order chi connectivity index (χ0) is 10.2. The fraction of sp³-hybridized carbons (Fsp3) is 0.727. The first-order chi connectivity index (χ1) is 6.67. The SMILES string of the molecule is CNC1(Cc2ccnn2C(C)C)CC1. The maximum atomic E-state index is 4.35. The molecular weight excluding hydrogens is 174 g/mol. The lowest BCUT2D eigenvalue weighted by atomic mass is 10.1. The highest BCUT2D eigenvalue weighted by Gasteiger charge is 2.41. The van der Waals surface area contributed by atoms with Crippen molar-refractivity contribution in [3.63, 3.8) is 0 Å². The van der Waals surface area contributed by atoms with Gasteiger partial charge in [-0.3, -0.25) is 4.68 Å². The lowest BCUT2D eigenvalue weighted by Gasteiger charge is -2.16. The summed E-state index contributed by atoms with van der Waals surface area (Å²) in [7, 11) is 2.06. The van der Waals surface area contributed by atoms with Gasteiger partial charge in [-0.2, -0.15) is 5.10 Å². The van der Waals surface area contributed by atoms with E-state index in [0.717, 1.165) is 6.42 Å². The van der Waals surface area contributed by atoms with Gasteiger partial charge < -0.3 is 5.32 Å².